The molecule has 0 amide bonds. The Labute approximate surface area is 217 Å². The number of halogens is 1. The second-order valence-corrected chi connectivity index (χ2v) is 11.7. The summed E-state index contributed by atoms with van der Waals surface area (Å²) in [5.74, 6) is 1.50. The van der Waals surface area contributed by atoms with Crippen LogP contribution in [-0.4, -0.2) is 41.2 Å². The number of rotatable bonds is 11. The van der Waals surface area contributed by atoms with Crippen LogP contribution in [0.5, 0.6) is 5.75 Å². The van der Waals surface area contributed by atoms with Crippen LogP contribution in [0.15, 0.2) is 47.0 Å². The number of anilines is 1. The van der Waals surface area contributed by atoms with Crippen molar-refractivity contribution in [1.29, 1.82) is 0 Å². The van der Waals surface area contributed by atoms with E-state index in [0.29, 0.717) is 35.7 Å². The molecule has 36 heavy (non-hydrogen) atoms. The van der Waals surface area contributed by atoms with Gasteiger partial charge in [-0.1, -0.05) is 16.8 Å². The van der Waals surface area contributed by atoms with E-state index in [1.807, 2.05) is 64.1 Å². The zero-order valence-electron chi connectivity index (χ0n) is 21.1. The molecule has 0 aliphatic heterocycles. The maximum absolute atomic E-state index is 13.1. The fourth-order valence-electron chi connectivity index (χ4n) is 4.38. The molecule has 8 nitrogen and oxygen atoms in total. The summed E-state index contributed by atoms with van der Waals surface area (Å²) in [4.78, 5) is 4.53. The summed E-state index contributed by atoms with van der Waals surface area (Å²) in [5, 5.41) is 8.14. The van der Waals surface area contributed by atoms with Crippen LogP contribution in [0.1, 0.15) is 47.0 Å². The third-order valence-electron chi connectivity index (χ3n) is 5.95. The molecule has 0 unspecified atom stereocenters. The maximum atomic E-state index is 13.1. The quantitative estimate of drug-likeness (QED) is 0.254. The Balaban J connectivity index is 1.39. The number of nitrogens with one attached hydrogen (secondary N) is 1. The Kier molecular flexibility index (Phi) is 8.73. The van der Waals surface area contributed by atoms with E-state index in [0.717, 1.165) is 36.1 Å². The maximum Gasteiger partial charge on any atom is 0.333 e. The van der Waals surface area contributed by atoms with Crippen molar-refractivity contribution in [2.75, 3.05) is 18.5 Å². The van der Waals surface area contributed by atoms with Gasteiger partial charge in [0, 0.05) is 22.9 Å². The van der Waals surface area contributed by atoms with Gasteiger partial charge in [-0.15, -0.1) is 0 Å². The lowest BCUT2D eigenvalue weighted by Gasteiger charge is -2.23. The van der Waals surface area contributed by atoms with Crippen LogP contribution in [0.2, 0.25) is 5.02 Å². The summed E-state index contributed by atoms with van der Waals surface area (Å²) in [5.41, 5.74) is 2.45. The van der Waals surface area contributed by atoms with Gasteiger partial charge in [-0.3, -0.25) is 4.57 Å². The van der Waals surface area contributed by atoms with Crippen molar-refractivity contribution < 1.29 is 22.9 Å². The van der Waals surface area contributed by atoms with Gasteiger partial charge < -0.3 is 23.6 Å². The lowest BCUT2D eigenvalue weighted by molar-refractivity contribution is 0.212. The number of hydrogen-bond donors (Lipinski definition) is 1. The molecular weight excluding hydrogens is 501 g/mol. The van der Waals surface area contributed by atoms with Crippen molar-refractivity contribution in [3.8, 4) is 28.6 Å². The van der Waals surface area contributed by atoms with Gasteiger partial charge in [-0.25, -0.2) is 0 Å². The Bertz CT molecular complexity index is 1190. The number of ether oxygens (including phenoxy) is 1. The van der Waals surface area contributed by atoms with E-state index in [1.54, 1.807) is 6.07 Å². The summed E-state index contributed by atoms with van der Waals surface area (Å²) in [7, 11) is -3.08. The molecular formula is C26H33ClN3O5P. The smallest absolute Gasteiger partial charge is 0.333 e. The lowest BCUT2D eigenvalue weighted by atomic mass is 10.1. The molecule has 1 N–H and O–H groups in total. The Morgan fingerprint density at radius 1 is 1.08 bits per heavy atom. The highest BCUT2D eigenvalue weighted by atomic mass is 35.5. The molecule has 1 heterocycles. The van der Waals surface area contributed by atoms with Crippen molar-refractivity contribution in [2.24, 2.45) is 0 Å². The Hall–Kier alpha value is -2.38. The molecule has 0 radical (unpaired) electrons. The summed E-state index contributed by atoms with van der Waals surface area (Å²) in [6, 6.07) is 13.5. The van der Waals surface area contributed by atoms with E-state index in [2.05, 4.69) is 15.5 Å². The van der Waals surface area contributed by atoms with Crippen LogP contribution in [0, 0.1) is 0 Å². The third kappa shape index (κ3) is 6.30. The topological polar surface area (TPSA) is 95.7 Å². The first-order chi connectivity index (χ1) is 17.3. The van der Waals surface area contributed by atoms with Gasteiger partial charge in [0.1, 0.15) is 5.75 Å². The van der Waals surface area contributed by atoms with Gasteiger partial charge >= 0.3 is 7.60 Å². The van der Waals surface area contributed by atoms with Gasteiger partial charge in [-0.2, -0.15) is 4.98 Å². The standard InChI is InChI=1S/C26H33ClN3O5P/c1-5-32-36(31,33-6-2)22-13-12-21(16-22)28-20-10-7-18(8-11-20)26-29-25(30-35-26)19-9-14-24(23(27)15-19)34-17(3)4/h7-11,14-15,17,21-22,28H,5-6,12-13,16H2,1-4H3/t21-,22+/m0/s1. The number of hydrogen-bond acceptors (Lipinski definition) is 8. The van der Waals surface area contributed by atoms with Crippen molar-refractivity contribution in [1.82, 2.24) is 10.1 Å². The second kappa shape index (κ2) is 11.8. The normalized spacial score (nSPS) is 18.1. The first-order valence-electron chi connectivity index (χ1n) is 12.4. The monoisotopic (exact) mass is 533 g/mol. The Morgan fingerprint density at radius 2 is 1.78 bits per heavy atom. The molecule has 1 aliphatic rings. The minimum atomic E-state index is -3.08. The largest absolute Gasteiger partial charge is 0.489 e. The minimum Gasteiger partial charge on any atom is -0.489 e. The van der Waals surface area contributed by atoms with Crippen LogP contribution < -0.4 is 10.1 Å². The molecule has 2 aromatic carbocycles. The van der Waals surface area contributed by atoms with E-state index < -0.39 is 7.60 Å². The van der Waals surface area contributed by atoms with E-state index in [-0.39, 0.29) is 17.8 Å². The van der Waals surface area contributed by atoms with Gasteiger partial charge in [0.25, 0.3) is 5.89 Å². The molecule has 1 fully saturated rings. The summed E-state index contributed by atoms with van der Waals surface area (Å²) >= 11 is 6.35. The summed E-state index contributed by atoms with van der Waals surface area (Å²) in [6.45, 7) is 8.36. The zero-order valence-corrected chi connectivity index (χ0v) is 22.7. The van der Waals surface area contributed by atoms with Crippen LogP contribution in [0.3, 0.4) is 0 Å². The van der Waals surface area contributed by atoms with Gasteiger partial charge in [0.15, 0.2) is 0 Å². The van der Waals surface area contributed by atoms with Gasteiger partial charge in [0.05, 0.1) is 30.0 Å². The zero-order chi connectivity index (χ0) is 25.7. The molecule has 0 bridgehead atoms. The van der Waals surface area contributed by atoms with Crippen molar-refractivity contribution in [3.63, 3.8) is 0 Å². The number of nitrogens with zero attached hydrogens (tertiary/aromatic N) is 2. The van der Waals surface area contributed by atoms with Crippen molar-refractivity contribution >= 4 is 24.9 Å². The molecule has 4 rings (SSSR count). The highest BCUT2D eigenvalue weighted by Gasteiger charge is 2.40. The lowest BCUT2D eigenvalue weighted by Crippen LogP contribution is -2.17. The number of benzene rings is 2. The molecule has 10 heteroatoms. The molecule has 0 saturated heterocycles. The first-order valence-corrected chi connectivity index (χ1v) is 14.4. The Morgan fingerprint density at radius 3 is 2.42 bits per heavy atom. The molecule has 0 spiro atoms. The predicted octanol–water partition coefficient (Wildman–Crippen LogP) is 7.44. The highest BCUT2D eigenvalue weighted by molar-refractivity contribution is 7.54. The van der Waals surface area contributed by atoms with Crippen molar-refractivity contribution in [3.05, 3.63) is 47.5 Å². The molecule has 3 aromatic rings. The summed E-state index contributed by atoms with van der Waals surface area (Å²) in [6.07, 6.45) is 2.50. The van der Waals surface area contributed by atoms with Crippen LogP contribution >= 0.6 is 19.2 Å². The molecule has 194 valence electrons. The second-order valence-electron chi connectivity index (χ2n) is 9.00. The fourth-order valence-corrected chi connectivity index (χ4v) is 6.80. The average Bonchev–Trinajstić information content (AvgIpc) is 3.52. The van der Waals surface area contributed by atoms with Gasteiger partial charge in [0.2, 0.25) is 5.82 Å². The minimum absolute atomic E-state index is 0.0320. The third-order valence-corrected chi connectivity index (χ3v) is 8.85. The van der Waals surface area contributed by atoms with E-state index in [4.69, 9.17) is 29.9 Å². The molecule has 2 atom stereocenters. The predicted molar refractivity (Wildman–Crippen MR) is 142 cm³/mol. The fraction of sp³-hybridized carbons (Fsp3) is 0.462. The van der Waals surface area contributed by atoms with E-state index in [1.165, 1.54) is 0 Å². The van der Waals surface area contributed by atoms with Crippen LogP contribution in [-0.2, 0) is 13.6 Å². The molecule has 1 aromatic heterocycles. The van der Waals surface area contributed by atoms with E-state index >= 15 is 0 Å². The van der Waals surface area contributed by atoms with E-state index in [9.17, 15) is 4.57 Å². The molecule has 1 saturated carbocycles. The number of aromatic nitrogens is 2. The van der Waals surface area contributed by atoms with Crippen LogP contribution in [0.4, 0.5) is 5.69 Å². The first kappa shape index (κ1) is 26.7. The average molecular weight is 534 g/mol. The highest BCUT2D eigenvalue weighted by Crippen LogP contribution is 2.58. The van der Waals surface area contributed by atoms with Crippen LogP contribution in [0.25, 0.3) is 22.8 Å². The van der Waals surface area contributed by atoms with Crippen molar-refractivity contribution in [2.45, 2.75) is 64.8 Å². The summed E-state index contributed by atoms with van der Waals surface area (Å²) < 4.78 is 35.4. The molecule has 1 aliphatic carbocycles. The SMILES string of the molecule is CCOP(=O)(OCC)[C@@H]1CC[C@H](Nc2ccc(-c3nc(-c4ccc(OC(C)C)c(Cl)c4)no3)cc2)C1. The van der Waals surface area contributed by atoms with Gasteiger partial charge in [-0.05, 0) is 89.4 Å².